The standard InChI is InChI=1S/C12H12BrClN2OS/c1-17-10-5-4-8(7-9(10)13)12-16-15-11(18-12)3-2-6-14/h4-5,7H,2-3,6H2,1H3. The summed E-state index contributed by atoms with van der Waals surface area (Å²) >= 11 is 10.7. The summed E-state index contributed by atoms with van der Waals surface area (Å²) in [6, 6.07) is 5.89. The second kappa shape index (κ2) is 6.50. The van der Waals surface area contributed by atoms with Crippen molar-refractivity contribution in [3.8, 4) is 16.3 Å². The van der Waals surface area contributed by atoms with Crippen LogP contribution in [0.1, 0.15) is 11.4 Å². The van der Waals surface area contributed by atoms with Crippen molar-refractivity contribution in [1.29, 1.82) is 0 Å². The second-order valence-electron chi connectivity index (χ2n) is 3.64. The van der Waals surface area contributed by atoms with E-state index in [0.717, 1.165) is 38.6 Å². The van der Waals surface area contributed by atoms with E-state index in [1.54, 1.807) is 18.4 Å². The van der Waals surface area contributed by atoms with Gasteiger partial charge in [0, 0.05) is 17.9 Å². The van der Waals surface area contributed by atoms with Gasteiger partial charge in [-0.25, -0.2) is 0 Å². The van der Waals surface area contributed by atoms with Gasteiger partial charge in [0.2, 0.25) is 0 Å². The number of ether oxygens (including phenoxy) is 1. The topological polar surface area (TPSA) is 35.0 Å². The third-order valence-electron chi connectivity index (χ3n) is 2.39. The highest BCUT2D eigenvalue weighted by atomic mass is 79.9. The van der Waals surface area contributed by atoms with Gasteiger partial charge in [0.05, 0.1) is 11.6 Å². The van der Waals surface area contributed by atoms with Crippen molar-refractivity contribution in [1.82, 2.24) is 10.2 Å². The van der Waals surface area contributed by atoms with E-state index in [1.807, 2.05) is 18.2 Å². The lowest BCUT2D eigenvalue weighted by atomic mass is 10.2. The number of nitrogens with zero attached hydrogens (tertiary/aromatic N) is 2. The van der Waals surface area contributed by atoms with Crippen LogP contribution < -0.4 is 4.74 Å². The number of methoxy groups -OCH3 is 1. The van der Waals surface area contributed by atoms with E-state index in [2.05, 4.69) is 26.1 Å². The van der Waals surface area contributed by atoms with Gasteiger partial charge in [0.25, 0.3) is 0 Å². The molecule has 6 heteroatoms. The molecule has 2 aromatic rings. The zero-order valence-electron chi connectivity index (χ0n) is 9.82. The third kappa shape index (κ3) is 3.22. The molecule has 3 nitrogen and oxygen atoms in total. The fraction of sp³-hybridized carbons (Fsp3) is 0.333. The molecule has 0 unspecified atom stereocenters. The number of hydrogen-bond acceptors (Lipinski definition) is 4. The fourth-order valence-electron chi connectivity index (χ4n) is 1.49. The van der Waals surface area contributed by atoms with Gasteiger partial charge in [-0.2, -0.15) is 0 Å². The number of aryl methyl sites for hydroxylation is 1. The number of hydrogen-bond donors (Lipinski definition) is 0. The molecule has 1 aromatic heterocycles. The SMILES string of the molecule is COc1ccc(-c2nnc(CCCCl)s2)cc1Br. The summed E-state index contributed by atoms with van der Waals surface area (Å²) in [7, 11) is 1.65. The quantitative estimate of drug-likeness (QED) is 0.762. The van der Waals surface area contributed by atoms with E-state index >= 15 is 0 Å². The number of benzene rings is 1. The Hall–Kier alpha value is -0.650. The normalized spacial score (nSPS) is 10.6. The van der Waals surface area contributed by atoms with Crippen LogP contribution in [0.15, 0.2) is 22.7 Å². The molecule has 0 aliphatic heterocycles. The van der Waals surface area contributed by atoms with Crippen LogP contribution in [0.25, 0.3) is 10.6 Å². The van der Waals surface area contributed by atoms with Gasteiger partial charge >= 0.3 is 0 Å². The van der Waals surface area contributed by atoms with Crippen molar-refractivity contribution in [2.45, 2.75) is 12.8 Å². The summed E-state index contributed by atoms with van der Waals surface area (Å²) in [5.41, 5.74) is 1.04. The molecule has 2 rings (SSSR count). The average molecular weight is 348 g/mol. The highest BCUT2D eigenvalue weighted by Crippen LogP contribution is 2.31. The van der Waals surface area contributed by atoms with Crippen LogP contribution in [-0.2, 0) is 6.42 Å². The fourth-order valence-corrected chi connectivity index (χ4v) is 3.04. The van der Waals surface area contributed by atoms with Crippen LogP contribution in [0.5, 0.6) is 5.75 Å². The molecule has 0 bridgehead atoms. The molecule has 0 spiro atoms. The third-order valence-corrected chi connectivity index (χ3v) is 4.31. The molecule has 0 saturated carbocycles. The van der Waals surface area contributed by atoms with Gasteiger partial charge < -0.3 is 4.74 Å². The Bertz CT molecular complexity index is 533. The predicted octanol–water partition coefficient (Wildman–Crippen LogP) is 4.15. The van der Waals surface area contributed by atoms with E-state index in [0.29, 0.717) is 5.88 Å². The Morgan fingerprint density at radius 1 is 1.39 bits per heavy atom. The summed E-state index contributed by atoms with van der Waals surface area (Å²) in [6.45, 7) is 0. The first-order valence-electron chi connectivity index (χ1n) is 5.47. The smallest absolute Gasteiger partial charge is 0.147 e. The lowest BCUT2D eigenvalue weighted by Crippen LogP contribution is -1.85. The van der Waals surface area contributed by atoms with Gasteiger partial charge in [-0.1, -0.05) is 11.3 Å². The summed E-state index contributed by atoms with van der Waals surface area (Å²) in [5, 5.41) is 10.3. The summed E-state index contributed by atoms with van der Waals surface area (Å²) < 4.78 is 6.12. The highest BCUT2D eigenvalue weighted by molar-refractivity contribution is 9.10. The molecule has 0 atom stereocenters. The Kier molecular flexibility index (Phi) is 4.97. The highest BCUT2D eigenvalue weighted by Gasteiger charge is 2.09. The van der Waals surface area contributed by atoms with Crippen molar-refractivity contribution in [3.05, 3.63) is 27.7 Å². The van der Waals surface area contributed by atoms with Gasteiger partial charge in [-0.3, -0.25) is 0 Å². The summed E-state index contributed by atoms with van der Waals surface area (Å²) in [5.74, 6) is 1.47. The van der Waals surface area contributed by atoms with E-state index in [-0.39, 0.29) is 0 Å². The molecule has 0 amide bonds. The minimum atomic E-state index is 0.656. The van der Waals surface area contributed by atoms with E-state index in [1.165, 1.54) is 0 Å². The molecule has 0 aliphatic carbocycles. The van der Waals surface area contributed by atoms with Gasteiger partial charge in [0.1, 0.15) is 15.8 Å². The Balaban J connectivity index is 2.20. The number of halogens is 2. The van der Waals surface area contributed by atoms with Crippen LogP contribution in [0, 0.1) is 0 Å². The van der Waals surface area contributed by atoms with E-state index in [4.69, 9.17) is 16.3 Å². The Morgan fingerprint density at radius 3 is 2.89 bits per heavy atom. The maximum atomic E-state index is 5.67. The molecule has 0 N–H and O–H groups in total. The van der Waals surface area contributed by atoms with Crippen molar-refractivity contribution < 1.29 is 4.74 Å². The molecule has 1 aromatic carbocycles. The van der Waals surface area contributed by atoms with Crippen LogP contribution in [-0.4, -0.2) is 23.2 Å². The Morgan fingerprint density at radius 2 is 2.22 bits per heavy atom. The van der Waals surface area contributed by atoms with Gasteiger partial charge in [-0.05, 0) is 40.5 Å². The zero-order chi connectivity index (χ0) is 13.0. The van der Waals surface area contributed by atoms with Crippen molar-refractivity contribution in [2.24, 2.45) is 0 Å². The lowest BCUT2D eigenvalue weighted by molar-refractivity contribution is 0.412. The minimum Gasteiger partial charge on any atom is -0.496 e. The van der Waals surface area contributed by atoms with E-state index in [9.17, 15) is 0 Å². The molecular weight excluding hydrogens is 336 g/mol. The van der Waals surface area contributed by atoms with Gasteiger partial charge in [0.15, 0.2) is 0 Å². The first-order chi connectivity index (χ1) is 8.74. The molecule has 0 saturated heterocycles. The zero-order valence-corrected chi connectivity index (χ0v) is 13.0. The number of aromatic nitrogens is 2. The van der Waals surface area contributed by atoms with Crippen molar-refractivity contribution in [2.75, 3.05) is 13.0 Å². The summed E-state index contributed by atoms with van der Waals surface area (Å²) in [4.78, 5) is 0. The first-order valence-corrected chi connectivity index (χ1v) is 7.61. The number of rotatable bonds is 5. The van der Waals surface area contributed by atoms with Crippen LogP contribution in [0.2, 0.25) is 0 Å². The molecule has 0 aliphatic rings. The first kappa shape index (κ1) is 13.8. The lowest BCUT2D eigenvalue weighted by Gasteiger charge is -2.03. The number of alkyl halides is 1. The minimum absolute atomic E-state index is 0.656. The molecule has 0 radical (unpaired) electrons. The van der Waals surface area contributed by atoms with Gasteiger partial charge in [-0.15, -0.1) is 21.8 Å². The van der Waals surface area contributed by atoms with Crippen LogP contribution in [0.4, 0.5) is 0 Å². The van der Waals surface area contributed by atoms with Crippen LogP contribution >= 0.6 is 38.9 Å². The molecular formula is C12H12BrClN2OS. The monoisotopic (exact) mass is 346 g/mol. The average Bonchev–Trinajstić information content (AvgIpc) is 2.85. The maximum Gasteiger partial charge on any atom is 0.147 e. The van der Waals surface area contributed by atoms with E-state index < -0.39 is 0 Å². The van der Waals surface area contributed by atoms with Crippen molar-refractivity contribution >= 4 is 38.9 Å². The Labute approximate surface area is 123 Å². The molecule has 18 heavy (non-hydrogen) atoms. The molecule has 0 fully saturated rings. The summed E-state index contributed by atoms with van der Waals surface area (Å²) in [6.07, 6.45) is 1.82. The molecule has 1 heterocycles. The maximum absolute atomic E-state index is 5.67. The largest absolute Gasteiger partial charge is 0.496 e. The second-order valence-corrected chi connectivity index (χ2v) is 5.94. The predicted molar refractivity (Wildman–Crippen MR) is 78.6 cm³/mol. The molecule has 96 valence electrons. The van der Waals surface area contributed by atoms with Crippen LogP contribution in [0.3, 0.4) is 0 Å². The van der Waals surface area contributed by atoms with Crippen molar-refractivity contribution in [3.63, 3.8) is 0 Å².